The fourth-order valence-corrected chi connectivity index (χ4v) is 4.04. The number of ether oxygens (including phenoxy) is 1. The zero-order valence-electron chi connectivity index (χ0n) is 21.1. The number of thioether (sulfide) groups is 1. The number of ketones is 1. The van der Waals surface area contributed by atoms with E-state index in [1.165, 1.54) is 31.8 Å². The molecular formula is C23H46N4O6S2. The van der Waals surface area contributed by atoms with Crippen molar-refractivity contribution in [3.8, 4) is 0 Å². The summed E-state index contributed by atoms with van der Waals surface area (Å²) in [7, 11) is 1.48. The highest BCUT2D eigenvalue weighted by atomic mass is 32.2. The third-order valence-corrected chi connectivity index (χ3v) is 6.59. The Kier molecular flexibility index (Phi) is 23.3. The molecule has 0 spiro atoms. The van der Waals surface area contributed by atoms with Gasteiger partial charge in [-0.3, -0.25) is 14.5 Å². The summed E-state index contributed by atoms with van der Waals surface area (Å²) < 4.78 is 4.58. The van der Waals surface area contributed by atoms with Crippen molar-refractivity contribution in [2.24, 2.45) is 5.28 Å². The molecule has 0 aliphatic carbocycles. The number of hydrazine groups is 1. The Balaban J connectivity index is 0. The van der Waals surface area contributed by atoms with E-state index >= 15 is 0 Å². The Morgan fingerprint density at radius 2 is 1.86 bits per heavy atom. The summed E-state index contributed by atoms with van der Waals surface area (Å²) >= 11 is 5.48. The van der Waals surface area contributed by atoms with Crippen LogP contribution in [0.3, 0.4) is 0 Å². The van der Waals surface area contributed by atoms with Crippen LogP contribution in [0.1, 0.15) is 79.6 Å². The molecule has 2 saturated heterocycles. The number of amides is 2. The van der Waals surface area contributed by atoms with Gasteiger partial charge in [0.05, 0.1) is 23.3 Å². The van der Waals surface area contributed by atoms with Gasteiger partial charge in [0.1, 0.15) is 5.78 Å². The first-order chi connectivity index (χ1) is 16.3. The average Bonchev–Trinajstić information content (AvgIpc) is 3.11. The first kappa shape index (κ1) is 35.6. The maximum Gasteiger partial charge on any atom is 0.242 e. The average molecular weight is 539 g/mol. The minimum Gasteiger partial charge on any atom is -0.569 e. The lowest BCUT2D eigenvalue weighted by Gasteiger charge is -2.21. The fraction of sp³-hybridized carbons (Fsp3) is 0.870. The highest BCUT2D eigenvalue weighted by molar-refractivity contribution is 8.00. The van der Waals surface area contributed by atoms with Crippen molar-refractivity contribution in [2.75, 3.05) is 45.0 Å². The normalized spacial score (nSPS) is 17.6. The summed E-state index contributed by atoms with van der Waals surface area (Å²) in [5.74, 6) is 1.86. The standard InChI is InChI=1S/C12H19NO3S.C7H15N3O3.C3H8S.CH4/c1-3-7-17-10-8-11(15)13(12(10)16)6-4-5-9(2)14;1-12-7-13-8-10(11)9-5-3-2-4-6-9;1-2-3-4;/h10H,3-8H2,1-2H3;2-7H2,1H3;4H,2-3H2,1H3;1H4/b;10-8-;;. The van der Waals surface area contributed by atoms with Crippen LogP contribution in [0.2, 0.25) is 0 Å². The number of rotatable bonds is 12. The summed E-state index contributed by atoms with van der Waals surface area (Å²) in [6, 6.07) is 0. The van der Waals surface area contributed by atoms with Crippen LogP contribution < -0.4 is 0 Å². The summed E-state index contributed by atoms with van der Waals surface area (Å²) in [6.07, 6.45) is 6.79. The molecule has 0 aromatic rings. The fourth-order valence-electron chi connectivity index (χ4n) is 2.99. The molecule has 2 heterocycles. The Morgan fingerprint density at radius 1 is 1.23 bits per heavy atom. The first-order valence-electron chi connectivity index (χ1n) is 11.9. The molecule has 0 aromatic carbocycles. The van der Waals surface area contributed by atoms with E-state index in [4.69, 9.17) is 0 Å². The smallest absolute Gasteiger partial charge is 0.242 e. The van der Waals surface area contributed by atoms with Crippen molar-refractivity contribution >= 4 is 42.0 Å². The van der Waals surface area contributed by atoms with Crippen molar-refractivity contribution in [3.63, 3.8) is 0 Å². The molecular weight excluding hydrogens is 492 g/mol. The Morgan fingerprint density at radius 3 is 2.37 bits per heavy atom. The maximum atomic E-state index is 11.9. The van der Waals surface area contributed by atoms with Crippen LogP contribution in [-0.4, -0.2) is 82.8 Å². The molecule has 2 rings (SSSR count). The second-order valence-corrected chi connectivity index (χ2v) is 9.62. The van der Waals surface area contributed by atoms with E-state index in [-0.39, 0.29) is 37.1 Å². The minimum absolute atomic E-state index is 0. The van der Waals surface area contributed by atoms with Crippen molar-refractivity contribution in [1.82, 2.24) is 9.91 Å². The number of thiol groups is 1. The van der Waals surface area contributed by atoms with Gasteiger partial charge in [0.25, 0.3) is 0 Å². The topological polar surface area (TPSA) is 115 Å². The number of likely N-dealkylation sites (tertiary alicyclic amines) is 1. The molecule has 2 aliphatic rings. The van der Waals surface area contributed by atoms with Gasteiger partial charge >= 0.3 is 0 Å². The van der Waals surface area contributed by atoms with Crippen LogP contribution in [0.15, 0.2) is 5.28 Å². The molecule has 35 heavy (non-hydrogen) atoms. The van der Waals surface area contributed by atoms with E-state index in [1.54, 1.807) is 16.8 Å². The first-order valence-corrected chi connectivity index (χ1v) is 13.6. The molecule has 0 bridgehead atoms. The van der Waals surface area contributed by atoms with Crippen molar-refractivity contribution in [3.05, 3.63) is 5.21 Å². The second-order valence-electron chi connectivity index (χ2n) is 7.86. The highest BCUT2D eigenvalue weighted by Gasteiger charge is 2.38. The number of piperidine rings is 1. The lowest BCUT2D eigenvalue weighted by Crippen LogP contribution is -2.35. The van der Waals surface area contributed by atoms with Crippen molar-refractivity contribution < 1.29 is 28.9 Å². The molecule has 0 N–H and O–H groups in total. The molecule has 10 nitrogen and oxygen atoms in total. The predicted octanol–water partition coefficient (Wildman–Crippen LogP) is 4.47. The van der Waals surface area contributed by atoms with Gasteiger partial charge in [-0.2, -0.15) is 12.6 Å². The van der Waals surface area contributed by atoms with Crippen molar-refractivity contribution in [1.29, 1.82) is 0 Å². The third kappa shape index (κ3) is 16.7. The van der Waals surface area contributed by atoms with Gasteiger partial charge in [-0.15, -0.1) is 16.8 Å². The summed E-state index contributed by atoms with van der Waals surface area (Å²) in [6.45, 7) is 7.58. The van der Waals surface area contributed by atoms with Gasteiger partial charge in [-0.05, 0) is 57.0 Å². The van der Waals surface area contributed by atoms with Crippen LogP contribution in [0.25, 0.3) is 0 Å². The quantitative estimate of drug-likeness (QED) is 0.0736. The molecule has 0 saturated carbocycles. The van der Waals surface area contributed by atoms with Crippen LogP contribution >= 0.6 is 24.4 Å². The SMILES string of the molecule is C.CCCS.CCCSC1CC(=O)N(CCCC(C)=O)C1=O.COCO/N=[N+](\[O-])N1CCCCC1. The lowest BCUT2D eigenvalue weighted by atomic mass is 10.2. The van der Waals surface area contributed by atoms with Crippen LogP contribution in [0.5, 0.6) is 0 Å². The Hall–Kier alpha value is -1.53. The lowest BCUT2D eigenvalue weighted by molar-refractivity contribution is -0.713. The number of imide groups is 1. The number of methoxy groups -OCH3 is 1. The van der Waals surface area contributed by atoms with Gasteiger partial charge in [0.2, 0.25) is 23.9 Å². The molecule has 0 aromatic heterocycles. The summed E-state index contributed by atoms with van der Waals surface area (Å²) in [4.78, 5) is 40.7. The van der Waals surface area contributed by atoms with Crippen LogP contribution in [0, 0.1) is 5.21 Å². The molecule has 2 amide bonds. The third-order valence-electron chi connectivity index (χ3n) is 4.73. The highest BCUT2D eigenvalue weighted by Crippen LogP contribution is 2.25. The van der Waals surface area contributed by atoms with Crippen LogP contribution in [0.4, 0.5) is 0 Å². The minimum atomic E-state index is -0.195. The van der Waals surface area contributed by atoms with Gasteiger partial charge in [0, 0.05) is 26.5 Å². The van der Waals surface area contributed by atoms with E-state index in [0.29, 0.717) is 30.8 Å². The molecule has 1 atom stereocenters. The number of carbonyl (C=O) groups excluding carboxylic acids is 3. The predicted molar refractivity (Wildman–Crippen MR) is 143 cm³/mol. The number of hydrogen-bond donors (Lipinski definition) is 1. The monoisotopic (exact) mass is 538 g/mol. The number of Topliss-reactive ketones (excluding diaryl/α,β-unsaturated/α-hetero) is 1. The number of nitrogens with zero attached hydrogens (tertiary/aromatic N) is 4. The molecule has 1 unspecified atom stereocenters. The van der Waals surface area contributed by atoms with Crippen molar-refractivity contribution in [2.45, 2.75) is 84.8 Å². The summed E-state index contributed by atoms with van der Waals surface area (Å²) in [5.41, 5.74) is 0. The van der Waals surface area contributed by atoms with Gasteiger partial charge in [-0.25, -0.2) is 0 Å². The number of hydrogen-bond acceptors (Lipinski definition) is 9. The molecule has 206 valence electrons. The van der Waals surface area contributed by atoms with Gasteiger partial charge < -0.3 is 19.6 Å². The number of carbonyl (C=O) groups is 3. The zero-order chi connectivity index (χ0) is 25.8. The Bertz CT molecular complexity index is 617. The van der Waals surface area contributed by atoms with E-state index in [0.717, 1.165) is 43.9 Å². The maximum absolute atomic E-state index is 11.9. The molecule has 0 radical (unpaired) electrons. The van der Waals surface area contributed by atoms with Gasteiger partial charge in [0.15, 0.2) is 0 Å². The zero-order valence-corrected chi connectivity index (χ0v) is 22.8. The molecule has 2 fully saturated rings. The van der Waals surface area contributed by atoms with E-state index in [2.05, 4.69) is 41.3 Å². The van der Waals surface area contributed by atoms with Crippen LogP contribution in [-0.2, 0) is 24.0 Å². The second kappa shape index (κ2) is 22.9. The summed E-state index contributed by atoms with van der Waals surface area (Å²) in [5, 5.41) is 15.9. The van der Waals surface area contributed by atoms with Gasteiger partial charge in [-0.1, -0.05) is 21.3 Å². The largest absolute Gasteiger partial charge is 0.569 e. The van der Waals surface area contributed by atoms with E-state index < -0.39 is 0 Å². The Labute approximate surface area is 221 Å². The van der Waals surface area contributed by atoms with E-state index in [1.807, 2.05) is 0 Å². The molecule has 12 heteroatoms. The molecule has 2 aliphatic heterocycles. The van der Waals surface area contributed by atoms with E-state index in [9.17, 15) is 19.6 Å².